The predicted molar refractivity (Wildman–Crippen MR) is 74.4 cm³/mol. The van der Waals surface area contributed by atoms with Gasteiger partial charge in [-0.3, -0.25) is 0 Å². The smallest absolute Gasteiger partial charge is 0.125 e. The minimum Gasteiger partial charge on any atom is -0.467 e. The van der Waals surface area contributed by atoms with Crippen LogP contribution >= 0.6 is 0 Å². The largest absolute Gasteiger partial charge is 0.467 e. The zero-order chi connectivity index (χ0) is 13.0. The fourth-order valence-corrected chi connectivity index (χ4v) is 1.90. The van der Waals surface area contributed by atoms with Crippen LogP contribution in [-0.4, -0.2) is 6.04 Å². The number of furan rings is 1. The van der Waals surface area contributed by atoms with Gasteiger partial charge in [-0.25, -0.2) is 0 Å². The molecule has 0 aliphatic rings. The lowest BCUT2D eigenvalue weighted by atomic mass is 10.00. The van der Waals surface area contributed by atoms with Gasteiger partial charge < -0.3 is 9.73 Å². The Morgan fingerprint density at radius 2 is 1.67 bits per heavy atom. The molecule has 0 saturated heterocycles. The summed E-state index contributed by atoms with van der Waals surface area (Å²) in [7, 11) is 0. The summed E-state index contributed by atoms with van der Waals surface area (Å²) >= 11 is 0. The molecule has 2 unspecified atom stereocenters. The molecule has 1 aromatic carbocycles. The molecule has 0 amide bonds. The van der Waals surface area contributed by atoms with Crippen molar-refractivity contribution < 1.29 is 4.42 Å². The van der Waals surface area contributed by atoms with Crippen LogP contribution in [0.2, 0.25) is 0 Å². The van der Waals surface area contributed by atoms with Gasteiger partial charge in [-0.2, -0.15) is 0 Å². The van der Waals surface area contributed by atoms with Crippen LogP contribution in [0.4, 0.5) is 0 Å². The van der Waals surface area contributed by atoms with Gasteiger partial charge in [-0.1, -0.05) is 44.2 Å². The summed E-state index contributed by atoms with van der Waals surface area (Å²) in [5.74, 6) is 1.56. The van der Waals surface area contributed by atoms with Gasteiger partial charge in [0.05, 0.1) is 12.3 Å². The maximum atomic E-state index is 5.57. The number of hydrogen-bond donors (Lipinski definition) is 1. The lowest BCUT2D eigenvalue weighted by Gasteiger charge is -2.24. The molecule has 1 heterocycles. The van der Waals surface area contributed by atoms with Crippen LogP contribution in [-0.2, 0) is 0 Å². The number of rotatable bonds is 5. The van der Waals surface area contributed by atoms with Gasteiger partial charge in [0.2, 0.25) is 0 Å². The zero-order valence-corrected chi connectivity index (χ0v) is 11.3. The molecular formula is C16H21NO. The molecule has 0 spiro atoms. The van der Waals surface area contributed by atoms with E-state index >= 15 is 0 Å². The van der Waals surface area contributed by atoms with E-state index in [4.69, 9.17) is 4.42 Å². The summed E-state index contributed by atoms with van der Waals surface area (Å²) in [5.41, 5.74) is 1.24. The monoisotopic (exact) mass is 243 g/mol. The van der Waals surface area contributed by atoms with E-state index in [1.807, 2.05) is 18.2 Å². The van der Waals surface area contributed by atoms with Crippen LogP contribution in [0.5, 0.6) is 0 Å². The first-order chi connectivity index (χ1) is 8.68. The summed E-state index contributed by atoms with van der Waals surface area (Å²) in [4.78, 5) is 0. The van der Waals surface area contributed by atoms with E-state index in [9.17, 15) is 0 Å². The quantitative estimate of drug-likeness (QED) is 0.858. The minimum atomic E-state index is 0.124. The first kappa shape index (κ1) is 12.9. The van der Waals surface area contributed by atoms with Gasteiger partial charge in [-0.15, -0.1) is 0 Å². The van der Waals surface area contributed by atoms with Gasteiger partial charge >= 0.3 is 0 Å². The van der Waals surface area contributed by atoms with E-state index in [0.29, 0.717) is 12.0 Å². The molecule has 96 valence electrons. The van der Waals surface area contributed by atoms with Crippen LogP contribution in [0, 0.1) is 5.92 Å². The van der Waals surface area contributed by atoms with Gasteiger partial charge in [-0.05, 0) is 30.5 Å². The van der Waals surface area contributed by atoms with Crippen molar-refractivity contribution in [3.8, 4) is 0 Å². The zero-order valence-electron chi connectivity index (χ0n) is 11.3. The van der Waals surface area contributed by atoms with Crippen LogP contribution in [0.3, 0.4) is 0 Å². The Morgan fingerprint density at radius 3 is 2.22 bits per heavy atom. The Morgan fingerprint density at radius 1 is 0.944 bits per heavy atom. The summed E-state index contributed by atoms with van der Waals surface area (Å²) in [5, 5.41) is 3.64. The van der Waals surface area contributed by atoms with Crippen molar-refractivity contribution in [1.82, 2.24) is 5.32 Å². The molecule has 0 radical (unpaired) electrons. The van der Waals surface area contributed by atoms with Crippen LogP contribution in [0.25, 0.3) is 0 Å². The molecule has 1 aromatic heterocycles. The van der Waals surface area contributed by atoms with Crippen LogP contribution in [0.15, 0.2) is 53.1 Å². The third kappa shape index (κ3) is 3.02. The highest BCUT2D eigenvalue weighted by atomic mass is 16.3. The Kier molecular flexibility index (Phi) is 4.21. The molecule has 0 aliphatic carbocycles. The lowest BCUT2D eigenvalue weighted by molar-refractivity contribution is 0.364. The highest BCUT2D eigenvalue weighted by Gasteiger charge is 2.19. The van der Waals surface area contributed by atoms with Crippen molar-refractivity contribution in [2.75, 3.05) is 0 Å². The average Bonchev–Trinajstić information content (AvgIpc) is 2.90. The molecular weight excluding hydrogens is 222 g/mol. The van der Waals surface area contributed by atoms with Crippen molar-refractivity contribution in [3.63, 3.8) is 0 Å². The highest BCUT2D eigenvalue weighted by molar-refractivity contribution is 5.26. The molecule has 0 saturated carbocycles. The molecule has 2 nitrogen and oxygen atoms in total. The first-order valence-electron chi connectivity index (χ1n) is 6.53. The number of benzene rings is 1. The van der Waals surface area contributed by atoms with Crippen molar-refractivity contribution in [3.05, 3.63) is 60.1 Å². The second-order valence-electron chi connectivity index (χ2n) is 5.06. The number of hydrogen-bond acceptors (Lipinski definition) is 2. The lowest BCUT2D eigenvalue weighted by Crippen LogP contribution is -2.34. The summed E-state index contributed by atoms with van der Waals surface area (Å²) in [6.45, 7) is 6.66. The predicted octanol–water partition coefficient (Wildman–Crippen LogP) is 4.00. The SMILES string of the molecule is CC(C)C(C)NC(c1ccccc1)c1ccco1. The third-order valence-electron chi connectivity index (χ3n) is 3.39. The van der Waals surface area contributed by atoms with Crippen LogP contribution < -0.4 is 5.32 Å². The molecule has 0 aliphatic heterocycles. The number of nitrogens with one attached hydrogen (secondary N) is 1. The van der Waals surface area contributed by atoms with Gasteiger partial charge in [0.25, 0.3) is 0 Å². The Bertz CT molecular complexity index is 447. The second kappa shape index (κ2) is 5.87. The first-order valence-corrected chi connectivity index (χ1v) is 6.53. The molecule has 0 bridgehead atoms. The Labute approximate surface area is 109 Å². The van der Waals surface area contributed by atoms with Gasteiger partial charge in [0, 0.05) is 6.04 Å². The second-order valence-corrected chi connectivity index (χ2v) is 5.06. The third-order valence-corrected chi connectivity index (χ3v) is 3.39. The molecule has 2 heteroatoms. The average molecular weight is 243 g/mol. The van der Waals surface area contributed by atoms with E-state index in [2.05, 4.69) is 50.4 Å². The fraction of sp³-hybridized carbons (Fsp3) is 0.375. The fourth-order valence-electron chi connectivity index (χ4n) is 1.90. The molecule has 1 N–H and O–H groups in total. The molecule has 2 aromatic rings. The van der Waals surface area contributed by atoms with Crippen molar-refractivity contribution in [1.29, 1.82) is 0 Å². The van der Waals surface area contributed by atoms with E-state index in [0.717, 1.165) is 5.76 Å². The molecule has 0 fully saturated rings. The van der Waals surface area contributed by atoms with E-state index in [-0.39, 0.29) is 6.04 Å². The summed E-state index contributed by atoms with van der Waals surface area (Å²) < 4.78 is 5.57. The van der Waals surface area contributed by atoms with Crippen molar-refractivity contribution in [2.24, 2.45) is 5.92 Å². The van der Waals surface area contributed by atoms with Crippen LogP contribution in [0.1, 0.15) is 38.1 Å². The normalized spacial score (nSPS) is 14.7. The molecule has 2 rings (SSSR count). The summed E-state index contributed by atoms with van der Waals surface area (Å²) in [6.07, 6.45) is 1.73. The van der Waals surface area contributed by atoms with E-state index < -0.39 is 0 Å². The summed E-state index contributed by atoms with van der Waals surface area (Å²) in [6, 6.07) is 14.9. The maximum absolute atomic E-state index is 5.57. The van der Waals surface area contributed by atoms with Gasteiger partial charge in [0.1, 0.15) is 5.76 Å². The van der Waals surface area contributed by atoms with Crippen molar-refractivity contribution >= 4 is 0 Å². The van der Waals surface area contributed by atoms with E-state index in [1.54, 1.807) is 6.26 Å². The van der Waals surface area contributed by atoms with Crippen molar-refractivity contribution in [2.45, 2.75) is 32.9 Å². The minimum absolute atomic E-state index is 0.124. The topological polar surface area (TPSA) is 25.2 Å². The standard InChI is InChI=1S/C16H21NO/c1-12(2)13(3)17-16(15-10-7-11-18-15)14-8-5-4-6-9-14/h4-13,16-17H,1-3H3. The van der Waals surface area contributed by atoms with E-state index in [1.165, 1.54) is 5.56 Å². The molecule has 18 heavy (non-hydrogen) atoms. The Hall–Kier alpha value is -1.54. The highest BCUT2D eigenvalue weighted by Crippen LogP contribution is 2.23. The van der Waals surface area contributed by atoms with Gasteiger partial charge in [0.15, 0.2) is 0 Å². The molecule has 2 atom stereocenters. The Balaban J connectivity index is 2.24. The maximum Gasteiger partial charge on any atom is 0.125 e.